The molecular formula is C15H16N6O4. The fraction of sp³-hybridized carbons (Fsp3) is 0.200. The number of nitrogens with one attached hydrogen (secondary N) is 2. The molecule has 0 aliphatic carbocycles. The first-order valence-electron chi connectivity index (χ1n) is 7.37. The number of imidazole rings is 1. The first kappa shape index (κ1) is 16.5. The lowest BCUT2D eigenvalue weighted by Gasteiger charge is -2.10. The number of aliphatic hydroxyl groups excluding tert-OH is 1. The number of carbonyl (C=O) groups excluding carboxylic acids is 1. The predicted molar refractivity (Wildman–Crippen MR) is 90.1 cm³/mol. The van der Waals surface area contributed by atoms with E-state index in [9.17, 15) is 9.59 Å². The number of ether oxygens (including phenoxy) is 1. The molecule has 0 saturated heterocycles. The van der Waals surface area contributed by atoms with Gasteiger partial charge in [0, 0.05) is 6.54 Å². The Morgan fingerprint density at radius 3 is 2.84 bits per heavy atom. The molecule has 0 atom stereocenters. The van der Waals surface area contributed by atoms with Crippen molar-refractivity contribution in [1.29, 1.82) is 0 Å². The van der Waals surface area contributed by atoms with E-state index in [1.165, 1.54) is 11.7 Å². The van der Waals surface area contributed by atoms with E-state index in [1.807, 2.05) is 0 Å². The summed E-state index contributed by atoms with van der Waals surface area (Å²) in [5.74, 6) is -0.291. The van der Waals surface area contributed by atoms with E-state index in [2.05, 4.69) is 20.3 Å². The molecule has 0 aliphatic rings. The van der Waals surface area contributed by atoms with Crippen LogP contribution in [0.1, 0.15) is 10.5 Å². The Bertz CT molecular complexity index is 993. The molecule has 3 aromatic rings. The Balaban J connectivity index is 2.32. The number of anilines is 1. The molecule has 0 fully saturated rings. The van der Waals surface area contributed by atoms with E-state index < -0.39 is 11.6 Å². The number of aromatic nitrogens is 4. The molecule has 0 spiro atoms. The zero-order valence-corrected chi connectivity index (χ0v) is 13.3. The van der Waals surface area contributed by atoms with Gasteiger partial charge in [-0.15, -0.1) is 0 Å². The van der Waals surface area contributed by atoms with E-state index in [4.69, 9.17) is 15.6 Å². The summed E-state index contributed by atoms with van der Waals surface area (Å²) >= 11 is 0. The van der Waals surface area contributed by atoms with Crippen LogP contribution in [-0.2, 0) is 0 Å². The topological polar surface area (TPSA) is 148 Å². The van der Waals surface area contributed by atoms with Gasteiger partial charge in [0.25, 0.3) is 5.91 Å². The SMILES string of the molecule is COc1ccccc1-n1c(=O)[nH]c2c(C(N)=O)nc(NCCO)nc21. The smallest absolute Gasteiger partial charge is 0.332 e. The fourth-order valence-electron chi connectivity index (χ4n) is 2.45. The molecule has 0 unspecified atom stereocenters. The molecule has 10 heteroatoms. The van der Waals surface area contributed by atoms with Gasteiger partial charge < -0.3 is 25.9 Å². The zero-order valence-electron chi connectivity index (χ0n) is 13.3. The number of fused-ring (bicyclic) bond motifs is 1. The number of rotatable bonds is 6. The molecule has 3 rings (SSSR count). The summed E-state index contributed by atoms with van der Waals surface area (Å²) in [6.45, 7) is 0.0206. The van der Waals surface area contributed by atoms with Crippen molar-refractivity contribution in [2.75, 3.05) is 25.6 Å². The highest BCUT2D eigenvalue weighted by atomic mass is 16.5. The lowest BCUT2D eigenvalue weighted by Crippen LogP contribution is -2.17. The second kappa shape index (κ2) is 6.61. The molecule has 2 heterocycles. The van der Waals surface area contributed by atoms with Crippen molar-refractivity contribution in [2.45, 2.75) is 0 Å². The largest absolute Gasteiger partial charge is 0.495 e. The van der Waals surface area contributed by atoms with Gasteiger partial charge in [-0.2, -0.15) is 4.98 Å². The van der Waals surface area contributed by atoms with Crippen LogP contribution in [0.15, 0.2) is 29.1 Å². The summed E-state index contributed by atoms with van der Waals surface area (Å²) in [4.78, 5) is 35.0. The van der Waals surface area contributed by atoms with E-state index >= 15 is 0 Å². The third-order valence-electron chi connectivity index (χ3n) is 3.49. The quantitative estimate of drug-likeness (QED) is 0.476. The molecule has 1 aromatic carbocycles. The number of benzene rings is 1. The van der Waals surface area contributed by atoms with Crippen LogP contribution >= 0.6 is 0 Å². The minimum atomic E-state index is -0.812. The van der Waals surface area contributed by atoms with Crippen LogP contribution in [0.4, 0.5) is 5.95 Å². The van der Waals surface area contributed by atoms with Gasteiger partial charge in [0.2, 0.25) is 5.95 Å². The van der Waals surface area contributed by atoms with Crippen LogP contribution in [0, 0.1) is 0 Å². The maximum atomic E-state index is 12.5. The number of methoxy groups -OCH3 is 1. The van der Waals surface area contributed by atoms with Crippen LogP contribution in [0.2, 0.25) is 0 Å². The lowest BCUT2D eigenvalue weighted by atomic mass is 10.3. The number of carbonyl (C=O) groups is 1. The third kappa shape index (κ3) is 2.90. The molecule has 25 heavy (non-hydrogen) atoms. The number of aromatic amines is 1. The van der Waals surface area contributed by atoms with Crippen LogP contribution in [-0.4, -0.2) is 50.8 Å². The third-order valence-corrected chi connectivity index (χ3v) is 3.49. The number of H-pyrrole nitrogens is 1. The maximum Gasteiger partial charge on any atom is 0.332 e. The minimum absolute atomic E-state index is 0.0676. The summed E-state index contributed by atoms with van der Waals surface area (Å²) in [5, 5.41) is 11.7. The summed E-state index contributed by atoms with van der Waals surface area (Å²) in [7, 11) is 1.48. The Morgan fingerprint density at radius 2 is 2.16 bits per heavy atom. The Kier molecular flexibility index (Phi) is 4.35. The number of hydrogen-bond donors (Lipinski definition) is 4. The first-order valence-corrected chi connectivity index (χ1v) is 7.37. The molecule has 1 amide bonds. The average Bonchev–Trinajstić information content (AvgIpc) is 2.94. The minimum Gasteiger partial charge on any atom is -0.495 e. The van der Waals surface area contributed by atoms with Crippen LogP contribution in [0.5, 0.6) is 5.75 Å². The molecular weight excluding hydrogens is 328 g/mol. The van der Waals surface area contributed by atoms with Gasteiger partial charge in [-0.05, 0) is 12.1 Å². The van der Waals surface area contributed by atoms with Gasteiger partial charge in [-0.3, -0.25) is 4.79 Å². The zero-order chi connectivity index (χ0) is 18.0. The summed E-state index contributed by atoms with van der Waals surface area (Å²) in [5.41, 5.74) is 5.46. The molecule has 0 radical (unpaired) electrons. The molecule has 130 valence electrons. The Labute approximate surface area is 141 Å². The van der Waals surface area contributed by atoms with Gasteiger partial charge in [0.15, 0.2) is 11.3 Å². The van der Waals surface area contributed by atoms with Crippen LogP contribution in [0.3, 0.4) is 0 Å². The highest BCUT2D eigenvalue weighted by Crippen LogP contribution is 2.24. The summed E-state index contributed by atoms with van der Waals surface area (Å²) < 4.78 is 6.56. The van der Waals surface area contributed by atoms with E-state index in [0.29, 0.717) is 11.4 Å². The lowest BCUT2D eigenvalue weighted by molar-refractivity contribution is 0.0997. The number of para-hydroxylation sites is 2. The molecule has 0 aliphatic heterocycles. The standard InChI is InChI=1S/C15H16N6O4/c1-25-9-5-3-2-4-8(9)21-13-11(19-15(21)24)10(12(16)23)18-14(20-13)17-6-7-22/h2-5,22H,6-7H2,1H3,(H2,16,23)(H,19,24)(H,17,18,20). The van der Waals surface area contributed by atoms with Crippen molar-refractivity contribution >= 4 is 23.0 Å². The molecule has 5 N–H and O–H groups in total. The average molecular weight is 344 g/mol. The summed E-state index contributed by atoms with van der Waals surface area (Å²) in [6, 6.07) is 6.88. The van der Waals surface area contributed by atoms with Gasteiger partial charge >= 0.3 is 5.69 Å². The second-order valence-corrected chi connectivity index (χ2v) is 5.05. The van der Waals surface area contributed by atoms with Crippen molar-refractivity contribution in [3.05, 3.63) is 40.4 Å². The molecule has 0 saturated carbocycles. The van der Waals surface area contributed by atoms with E-state index in [0.717, 1.165) is 0 Å². The number of nitrogens with two attached hydrogens (primary N) is 1. The highest BCUT2D eigenvalue weighted by molar-refractivity contribution is 6.02. The Morgan fingerprint density at radius 1 is 1.40 bits per heavy atom. The number of amides is 1. The maximum absolute atomic E-state index is 12.5. The predicted octanol–water partition coefficient (Wildman–Crippen LogP) is -0.379. The number of hydrogen-bond acceptors (Lipinski definition) is 7. The fourth-order valence-corrected chi connectivity index (χ4v) is 2.45. The van der Waals surface area contributed by atoms with E-state index in [-0.39, 0.29) is 36.0 Å². The van der Waals surface area contributed by atoms with Gasteiger partial charge in [0.1, 0.15) is 11.3 Å². The van der Waals surface area contributed by atoms with Crippen molar-refractivity contribution in [2.24, 2.45) is 5.73 Å². The number of nitrogens with zero attached hydrogens (tertiary/aromatic N) is 3. The molecule has 10 nitrogen and oxygen atoms in total. The summed E-state index contributed by atoms with van der Waals surface area (Å²) in [6.07, 6.45) is 0. The van der Waals surface area contributed by atoms with Gasteiger partial charge in [0.05, 0.1) is 19.4 Å². The normalized spacial score (nSPS) is 10.8. The number of primary amides is 1. The van der Waals surface area contributed by atoms with Gasteiger partial charge in [-0.1, -0.05) is 12.1 Å². The van der Waals surface area contributed by atoms with E-state index in [1.54, 1.807) is 24.3 Å². The number of aliphatic hydroxyl groups is 1. The Hall–Kier alpha value is -3.40. The molecule has 0 bridgehead atoms. The van der Waals surface area contributed by atoms with Crippen molar-refractivity contribution < 1.29 is 14.6 Å². The van der Waals surface area contributed by atoms with Crippen LogP contribution in [0.25, 0.3) is 16.9 Å². The first-order chi connectivity index (χ1) is 12.1. The van der Waals surface area contributed by atoms with Crippen molar-refractivity contribution in [3.8, 4) is 11.4 Å². The molecule has 2 aromatic heterocycles. The monoisotopic (exact) mass is 344 g/mol. The van der Waals surface area contributed by atoms with Gasteiger partial charge in [-0.25, -0.2) is 14.3 Å². The van der Waals surface area contributed by atoms with Crippen LogP contribution < -0.4 is 21.5 Å². The highest BCUT2D eigenvalue weighted by Gasteiger charge is 2.20. The van der Waals surface area contributed by atoms with Crippen molar-refractivity contribution in [3.63, 3.8) is 0 Å². The van der Waals surface area contributed by atoms with Crippen molar-refractivity contribution in [1.82, 2.24) is 19.5 Å². The second-order valence-electron chi connectivity index (χ2n) is 5.05.